The Hall–Kier alpha value is -2.30. The minimum absolute atomic E-state index is 0.0146. The molecule has 2 aromatic rings. The fourth-order valence-electron chi connectivity index (χ4n) is 2.14. The van der Waals surface area contributed by atoms with Gasteiger partial charge in [0.15, 0.2) is 0 Å². The summed E-state index contributed by atoms with van der Waals surface area (Å²) in [6, 6.07) is 7.83. The van der Waals surface area contributed by atoms with Crippen molar-refractivity contribution in [2.45, 2.75) is 19.0 Å². The van der Waals surface area contributed by atoms with Crippen molar-refractivity contribution in [1.29, 1.82) is 0 Å². The Morgan fingerprint density at radius 1 is 1.44 bits per heavy atom. The maximum absolute atomic E-state index is 12.0. The van der Waals surface area contributed by atoms with E-state index in [2.05, 4.69) is 20.6 Å². The van der Waals surface area contributed by atoms with Crippen molar-refractivity contribution in [3.8, 4) is 0 Å². The number of nitrogens with one attached hydrogen (secondary N) is 3. The van der Waals surface area contributed by atoms with Crippen molar-refractivity contribution in [2.75, 3.05) is 5.32 Å². The molecule has 3 rings (SSSR count). The van der Waals surface area contributed by atoms with Crippen LogP contribution >= 0.6 is 0 Å². The number of aromatic nitrogens is 2. The number of amides is 1. The Morgan fingerprint density at radius 2 is 2.33 bits per heavy atom. The zero-order valence-corrected chi connectivity index (χ0v) is 9.81. The summed E-state index contributed by atoms with van der Waals surface area (Å²) in [7, 11) is 0. The molecule has 1 unspecified atom stereocenters. The van der Waals surface area contributed by atoms with Crippen LogP contribution in [0.2, 0.25) is 0 Å². The van der Waals surface area contributed by atoms with Crippen LogP contribution < -0.4 is 10.6 Å². The molecule has 1 aliphatic rings. The number of hydrogen-bond donors (Lipinski definition) is 3. The van der Waals surface area contributed by atoms with E-state index < -0.39 is 0 Å². The molecule has 0 saturated carbocycles. The lowest BCUT2D eigenvalue weighted by Gasteiger charge is -2.11. The summed E-state index contributed by atoms with van der Waals surface area (Å²) in [5.41, 5.74) is 3.15. The molecule has 18 heavy (non-hydrogen) atoms. The normalized spacial score (nSPS) is 17.0. The van der Waals surface area contributed by atoms with E-state index in [1.165, 1.54) is 5.56 Å². The third kappa shape index (κ3) is 2.07. The number of para-hydroxylation sites is 1. The van der Waals surface area contributed by atoms with Gasteiger partial charge in [-0.15, -0.1) is 0 Å². The Morgan fingerprint density at radius 3 is 3.11 bits per heavy atom. The number of aromatic amines is 1. The molecule has 1 aromatic carbocycles. The molecule has 5 heteroatoms. The van der Waals surface area contributed by atoms with Crippen LogP contribution in [0.3, 0.4) is 0 Å². The molecule has 1 atom stereocenters. The first-order chi connectivity index (χ1) is 8.83. The lowest BCUT2D eigenvalue weighted by molar-refractivity contribution is -0.121. The number of benzene rings is 1. The second kappa shape index (κ2) is 4.52. The van der Waals surface area contributed by atoms with Crippen LogP contribution in [0.5, 0.6) is 0 Å². The van der Waals surface area contributed by atoms with Gasteiger partial charge < -0.3 is 15.6 Å². The predicted molar refractivity (Wildman–Crippen MR) is 68.0 cm³/mol. The lowest BCUT2D eigenvalue weighted by Crippen LogP contribution is -2.38. The number of hydrogen-bond acceptors (Lipinski definition) is 3. The monoisotopic (exact) mass is 242 g/mol. The molecule has 5 nitrogen and oxygen atoms in total. The van der Waals surface area contributed by atoms with Gasteiger partial charge in [-0.1, -0.05) is 18.2 Å². The smallest absolute Gasteiger partial charge is 0.243 e. The van der Waals surface area contributed by atoms with E-state index in [0.29, 0.717) is 6.54 Å². The Kier molecular flexibility index (Phi) is 2.72. The van der Waals surface area contributed by atoms with E-state index in [9.17, 15) is 4.79 Å². The molecule has 0 saturated heterocycles. The van der Waals surface area contributed by atoms with E-state index in [0.717, 1.165) is 17.8 Å². The fraction of sp³-hybridized carbons (Fsp3) is 0.231. The number of anilines is 1. The summed E-state index contributed by atoms with van der Waals surface area (Å²) in [5.74, 6) is 0.0146. The molecule has 0 aliphatic carbocycles. The van der Waals surface area contributed by atoms with E-state index in [1.807, 2.05) is 24.3 Å². The van der Waals surface area contributed by atoms with Crippen molar-refractivity contribution in [2.24, 2.45) is 0 Å². The van der Waals surface area contributed by atoms with Crippen molar-refractivity contribution in [3.63, 3.8) is 0 Å². The third-order valence-electron chi connectivity index (χ3n) is 3.10. The van der Waals surface area contributed by atoms with Crippen molar-refractivity contribution in [3.05, 3.63) is 48.0 Å². The zero-order valence-electron chi connectivity index (χ0n) is 9.81. The molecule has 92 valence electrons. The molecule has 1 aliphatic heterocycles. The van der Waals surface area contributed by atoms with Crippen molar-refractivity contribution in [1.82, 2.24) is 15.3 Å². The highest BCUT2D eigenvalue weighted by molar-refractivity contribution is 5.87. The summed E-state index contributed by atoms with van der Waals surface area (Å²) >= 11 is 0. The van der Waals surface area contributed by atoms with Crippen molar-refractivity contribution < 1.29 is 4.79 Å². The maximum atomic E-state index is 12.0. The Balaban J connectivity index is 1.59. The SMILES string of the molecule is O=C(NCc1cnc[nH]1)C1Cc2ccccc2N1. The molecule has 0 spiro atoms. The summed E-state index contributed by atoms with van der Waals surface area (Å²) in [6.07, 6.45) is 4.05. The van der Waals surface area contributed by atoms with Gasteiger partial charge in [-0.25, -0.2) is 4.98 Å². The average Bonchev–Trinajstić information content (AvgIpc) is 3.04. The second-order valence-corrected chi connectivity index (χ2v) is 4.35. The lowest BCUT2D eigenvalue weighted by atomic mass is 10.1. The van der Waals surface area contributed by atoms with Crippen LogP contribution in [0, 0.1) is 0 Å². The molecule has 3 N–H and O–H groups in total. The van der Waals surface area contributed by atoms with Gasteiger partial charge in [0.2, 0.25) is 5.91 Å². The number of rotatable bonds is 3. The zero-order chi connectivity index (χ0) is 12.4. The van der Waals surface area contributed by atoms with Gasteiger partial charge in [-0.05, 0) is 11.6 Å². The van der Waals surface area contributed by atoms with Crippen molar-refractivity contribution >= 4 is 11.6 Å². The number of fused-ring (bicyclic) bond motifs is 1. The van der Waals surface area contributed by atoms with Crippen LogP contribution in [-0.4, -0.2) is 21.9 Å². The predicted octanol–water partition coefficient (Wildman–Crippen LogP) is 1.06. The molecular weight excluding hydrogens is 228 g/mol. The summed E-state index contributed by atoms with van der Waals surface area (Å²) in [6.45, 7) is 0.480. The van der Waals surface area contributed by atoms with Gasteiger partial charge in [-0.3, -0.25) is 4.79 Å². The first kappa shape index (κ1) is 10.8. The molecule has 0 radical (unpaired) electrons. The van der Waals surface area contributed by atoms with Crippen LogP contribution in [0.15, 0.2) is 36.8 Å². The fourth-order valence-corrected chi connectivity index (χ4v) is 2.14. The Labute approximate surface area is 105 Å². The highest BCUT2D eigenvalue weighted by Crippen LogP contribution is 2.24. The van der Waals surface area contributed by atoms with Gasteiger partial charge in [0.1, 0.15) is 6.04 Å². The highest BCUT2D eigenvalue weighted by atomic mass is 16.2. The van der Waals surface area contributed by atoms with Crippen LogP contribution in [0.1, 0.15) is 11.3 Å². The number of imidazole rings is 1. The van der Waals surface area contributed by atoms with Crippen LogP contribution in [-0.2, 0) is 17.8 Å². The molecule has 1 amide bonds. The average molecular weight is 242 g/mol. The molecule has 1 aromatic heterocycles. The van der Waals surface area contributed by atoms with Gasteiger partial charge in [0, 0.05) is 18.3 Å². The molecular formula is C13H14N4O. The second-order valence-electron chi connectivity index (χ2n) is 4.35. The van der Waals surface area contributed by atoms with E-state index in [-0.39, 0.29) is 11.9 Å². The number of nitrogens with zero attached hydrogens (tertiary/aromatic N) is 1. The summed E-state index contributed by atoms with van der Waals surface area (Å²) in [5, 5.41) is 6.12. The molecule has 0 fully saturated rings. The highest BCUT2D eigenvalue weighted by Gasteiger charge is 2.25. The topological polar surface area (TPSA) is 69.8 Å². The van der Waals surface area contributed by atoms with Gasteiger partial charge in [-0.2, -0.15) is 0 Å². The summed E-state index contributed by atoms with van der Waals surface area (Å²) < 4.78 is 0. The standard InChI is InChI=1S/C13H14N4O/c18-13(15-7-10-6-14-8-16-10)12-5-9-3-1-2-4-11(9)17-12/h1-4,6,8,12,17H,5,7H2,(H,14,16)(H,15,18). The summed E-state index contributed by atoms with van der Waals surface area (Å²) in [4.78, 5) is 18.9. The van der Waals surface area contributed by atoms with Gasteiger partial charge >= 0.3 is 0 Å². The maximum Gasteiger partial charge on any atom is 0.243 e. The van der Waals surface area contributed by atoms with Gasteiger partial charge in [0.25, 0.3) is 0 Å². The third-order valence-corrected chi connectivity index (χ3v) is 3.10. The minimum atomic E-state index is -0.176. The van der Waals surface area contributed by atoms with Gasteiger partial charge in [0.05, 0.1) is 18.6 Å². The quantitative estimate of drug-likeness (QED) is 0.754. The van der Waals surface area contributed by atoms with Crippen LogP contribution in [0.25, 0.3) is 0 Å². The Bertz CT molecular complexity index is 525. The van der Waals surface area contributed by atoms with Crippen LogP contribution in [0.4, 0.5) is 5.69 Å². The largest absolute Gasteiger partial charge is 0.373 e. The first-order valence-corrected chi connectivity index (χ1v) is 5.92. The van der Waals surface area contributed by atoms with E-state index >= 15 is 0 Å². The molecule has 2 heterocycles. The number of carbonyl (C=O) groups excluding carboxylic acids is 1. The van der Waals surface area contributed by atoms with E-state index in [1.54, 1.807) is 12.5 Å². The number of carbonyl (C=O) groups is 1. The molecule has 0 bridgehead atoms. The number of H-pyrrole nitrogens is 1. The first-order valence-electron chi connectivity index (χ1n) is 5.92. The minimum Gasteiger partial charge on any atom is -0.373 e. The van der Waals surface area contributed by atoms with E-state index in [4.69, 9.17) is 0 Å².